The maximum atomic E-state index is 12.6. The third kappa shape index (κ3) is 2.73. The van der Waals surface area contributed by atoms with Crippen LogP contribution in [0.1, 0.15) is 36.8 Å². The molecular weight excluding hydrogens is 280 g/mol. The van der Waals surface area contributed by atoms with Gasteiger partial charge in [-0.1, -0.05) is 37.1 Å². The lowest BCUT2D eigenvalue weighted by molar-refractivity contribution is -0.128. The molecule has 2 fully saturated rings. The van der Waals surface area contributed by atoms with E-state index in [1.165, 1.54) is 4.90 Å². The molecule has 2 aliphatic rings. The van der Waals surface area contributed by atoms with E-state index in [-0.39, 0.29) is 18.0 Å². The van der Waals surface area contributed by atoms with Crippen molar-refractivity contribution in [3.8, 4) is 0 Å². The zero-order valence-electron chi connectivity index (χ0n) is 13.0. The highest BCUT2D eigenvalue weighted by Crippen LogP contribution is 2.27. The Hall–Kier alpha value is -1.88. The summed E-state index contributed by atoms with van der Waals surface area (Å²) in [6.07, 6.45) is 3.91. The number of benzene rings is 1. The predicted octanol–water partition coefficient (Wildman–Crippen LogP) is 2.54. The molecule has 5 heteroatoms. The molecule has 0 bridgehead atoms. The van der Waals surface area contributed by atoms with Crippen LogP contribution in [0.2, 0.25) is 0 Å². The van der Waals surface area contributed by atoms with Crippen LogP contribution in [0, 0.1) is 0 Å². The molecule has 0 radical (unpaired) electrons. The molecule has 1 aromatic rings. The van der Waals surface area contributed by atoms with Crippen LogP contribution in [0.4, 0.5) is 4.79 Å². The molecule has 2 aliphatic heterocycles. The van der Waals surface area contributed by atoms with Crippen LogP contribution < -0.4 is 0 Å². The third-order valence-corrected chi connectivity index (χ3v) is 4.53. The van der Waals surface area contributed by atoms with Crippen molar-refractivity contribution >= 4 is 11.9 Å². The molecule has 1 unspecified atom stereocenters. The van der Waals surface area contributed by atoms with E-state index in [2.05, 4.69) is 0 Å². The topological polar surface area (TPSA) is 49.9 Å². The lowest BCUT2D eigenvalue weighted by atomic mass is 10.1. The Labute approximate surface area is 130 Å². The van der Waals surface area contributed by atoms with Crippen LogP contribution in [-0.4, -0.2) is 41.4 Å². The van der Waals surface area contributed by atoms with Gasteiger partial charge in [-0.05, 0) is 24.0 Å². The Bertz CT molecular complexity index is 549. The first kappa shape index (κ1) is 15.0. The van der Waals surface area contributed by atoms with E-state index < -0.39 is 0 Å². The highest BCUT2D eigenvalue weighted by molar-refractivity contribution is 6.04. The number of hydrogen-bond acceptors (Lipinski definition) is 3. The second-order valence-corrected chi connectivity index (χ2v) is 5.97. The van der Waals surface area contributed by atoms with Crippen LogP contribution >= 0.6 is 0 Å². The van der Waals surface area contributed by atoms with Crippen molar-refractivity contribution < 1.29 is 14.3 Å². The van der Waals surface area contributed by atoms with Crippen molar-refractivity contribution in [1.29, 1.82) is 0 Å². The van der Waals surface area contributed by atoms with Crippen molar-refractivity contribution in [2.24, 2.45) is 0 Å². The monoisotopic (exact) mass is 302 g/mol. The minimum Gasteiger partial charge on any atom is -0.380 e. The van der Waals surface area contributed by atoms with Crippen molar-refractivity contribution in [2.45, 2.75) is 44.9 Å². The molecule has 0 spiro atoms. The minimum absolute atomic E-state index is 0.0425. The smallest absolute Gasteiger partial charge is 0.327 e. The third-order valence-electron chi connectivity index (χ3n) is 4.53. The molecule has 3 amide bonds. The number of rotatable bonds is 4. The Morgan fingerprint density at radius 3 is 2.68 bits per heavy atom. The summed E-state index contributed by atoms with van der Waals surface area (Å²) in [7, 11) is 1.65. The van der Waals surface area contributed by atoms with E-state index in [0.717, 1.165) is 36.8 Å². The summed E-state index contributed by atoms with van der Waals surface area (Å²) in [5.74, 6) is -0.0425. The molecule has 118 valence electrons. The number of amides is 3. The number of imide groups is 1. The van der Waals surface area contributed by atoms with Crippen molar-refractivity contribution in [2.75, 3.05) is 13.7 Å². The first-order valence-electron chi connectivity index (χ1n) is 7.90. The number of hydrogen-bond donors (Lipinski definition) is 0. The highest BCUT2D eigenvalue weighted by atomic mass is 16.5. The minimum atomic E-state index is -0.246. The maximum Gasteiger partial charge on any atom is 0.327 e. The average Bonchev–Trinajstić information content (AvgIpc) is 2.72. The van der Waals surface area contributed by atoms with Gasteiger partial charge in [-0.15, -0.1) is 0 Å². The number of methoxy groups -OCH3 is 1. The molecule has 2 heterocycles. The fourth-order valence-corrected chi connectivity index (χ4v) is 3.35. The van der Waals surface area contributed by atoms with Gasteiger partial charge in [-0.3, -0.25) is 9.69 Å². The number of carbonyl (C=O) groups is 2. The molecular formula is C17H22N2O3. The van der Waals surface area contributed by atoms with Crippen LogP contribution in [0.3, 0.4) is 0 Å². The van der Waals surface area contributed by atoms with Gasteiger partial charge in [0, 0.05) is 13.7 Å². The van der Waals surface area contributed by atoms with Gasteiger partial charge in [0.15, 0.2) is 0 Å². The van der Waals surface area contributed by atoms with Gasteiger partial charge < -0.3 is 9.64 Å². The first-order chi connectivity index (χ1) is 10.7. The van der Waals surface area contributed by atoms with E-state index in [1.54, 1.807) is 12.0 Å². The summed E-state index contributed by atoms with van der Waals surface area (Å²) in [4.78, 5) is 28.4. The van der Waals surface area contributed by atoms with E-state index in [9.17, 15) is 9.59 Å². The summed E-state index contributed by atoms with van der Waals surface area (Å²) in [5, 5.41) is 0. The van der Waals surface area contributed by atoms with Crippen LogP contribution in [-0.2, 0) is 22.7 Å². The Morgan fingerprint density at radius 1 is 1.14 bits per heavy atom. The van der Waals surface area contributed by atoms with Gasteiger partial charge in [0.25, 0.3) is 5.91 Å². The molecule has 2 saturated heterocycles. The first-order valence-corrected chi connectivity index (χ1v) is 7.90. The predicted molar refractivity (Wildman–Crippen MR) is 82.1 cm³/mol. The van der Waals surface area contributed by atoms with Crippen LogP contribution in [0.25, 0.3) is 0 Å². The fraction of sp³-hybridized carbons (Fsp3) is 0.529. The fourth-order valence-electron chi connectivity index (χ4n) is 3.35. The van der Waals surface area contributed by atoms with Gasteiger partial charge >= 0.3 is 6.03 Å². The quantitative estimate of drug-likeness (QED) is 0.803. The Balaban J connectivity index is 1.81. The molecule has 0 aliphatic carbocycles. The van der Waals surface area contributed by atoms with Crippen molar-refractivity contribution in [3.63, 3.8) is 0 Å². The Kier molecular flexibility index (Phi) is 4.43. The largest absolute Gasteiger partial charge is 0.380 e. The van der Waals surface area contributed by atoms with E-state index >= 15 is 0 Å². The number of ether oxygens (including phenoxy) is 1. The van der Waals surface area contributed by atoms with Crippen molar-refractivity contribution in [3.05, 3.63) is 35.4 Å². The van der Waals surface area contributed by atoms with Crippen molar-refractivity contribution in [1.82, 2.24) is 9.80 Å². The van der Waals surface area contributed by atoms with E-state index in [4.69, 9.17) is 4.74 Å². The van der Waals surface area contributed by atoms with Crippen LogP contribution in [0.15, 0.2) is 24.3 Å². The summed E-state index contributed by atoms with van der Waals surface area (Å²) in [6, 6.07) is 7.42. The lowest BCUT2D eigenvalue weighted by Crippen LogP contribution is -2.34. The molecule has 1 atom stereocenters. The molecule has 3 rings (SSSR count). The molecule has 22 heavy (non-hydrogen) atoms. The average molecular weight is 302 g/mol. The normalized spacial score (nSPS) is 22.0. The van der Waals surface area contributed by atoms with Gasteiger partial charge in [0.05, 0.1) is 13.2 Å². The lowest BCUT2D eigenvalue weighted by Gasteiger charge is -2.19. The molecule has 0 aromatic heterocycles. The van der Waals surface area contributed by atoms with Gasteiger partial charge in [-0.25, -0.2) is 4.79 Å². The maximum absolute atomic E-state index is 12.6. The Morgan fingerprint density at radius 2 is 1.91 bits per heavy atom. The molecule has 5 nitrogen and oxygen atoms in total. The van der Waals surface area contributed by atoms with E-state index in [0.29, 0.717) is 19.7 Å². The zero-order chi connectivity index (χ0) is 15.5. The zero-order valence-corrected chi connectivity index (χ0v) is 13.0. The molecule has 0 N–H and O–H groups in total. The van der Waals surface area contributed by atoms with E-state index in [1.807, 2.05) is 24.3 Å². The number of fused-ring (bicyclic) bond motifs is 1. The second kappa shape index (κ2) is 6.48. The number of urea groups is 1. The molecule has 0 saturated carbocycles. The number of nitrogens with zero attached hydrogens (tertiary/aromatic N) is 2. The van der Waals surface area contributed by atoms with Gasteiger partial charge in [0.2, 0.25) is 0 Å². The number of carbonyl (C=O) groups excluding carboxylic acids is 2. The SMILES string of the molecule is COCc1ccccc1CN1C(=O)C2CCCCCN2C1=O. The summed E-state index contributed by atoms with van der Waals surface area (Å²) < 4.78 is 5.20. The second-order valence-electron chi connectivity index (χ2n) is 5.97. The summed E-state index contributed by atoms with van der Waals surface area (Å²) in [6.45, 7) is 1.52. The standard InChI is InChI=1S/C17H22N2O3/c1-22-12-14-8-5-4-7-13(14)11-19-16(20)15-9-3-2-6-10-18(15)17(19)21/h4-5,7-8,15H,2-3,6,9-12H2,1H3. The highest BCUT2D eigenvalue weighted by Gasteiger charge is 2.44. The molecule has 1 aromatic carbocycles. The van der Waals surface area contributed by atoms with Crippen LogP contribution in [0.5, 0.6) is 0 Å². The summed E-state index contributed by atoms with van der Waals surface area (Å²) in [5.41, 5.74) is 2.00. The summed E-state index contributed by atoms with van der Waals surface area (Å²) >= 11 is 0. The van der Waals surface area contributed by atoms with Gasteiger partial charge in [0.1, 0.15) is 6.04 Å². The van der Waals surface area contributed by atoms with Gasteiger partial charge in [-0.2, -0.15) is 0 Å².